The Hall–Kier alpha value is -0.850. The van der Waals surface area contributed by atoms with E-state index < -0.39 is 0 Å². The summed E-state index contributed by atoms with van der Waals surface area (Å²) in [6.07, 6.45) is 0. The zero-order valence-electron chi connectivity index (χ0n) is 7.98. The van der Waals surface area contributed by atoms with Gasteiger partial charge in [-0.05, 0) is 18.2 Å². The molecule has 16 heavy (non-hydrogen) atoms. The molecule has 1 aromatic heterocycles. The van der Waals surface area contributed by atoms with Gasteiger partial charge in [0.2, 0.25) is 0 Å². The number of nitrogen functional groups attached to an aromatic ring is 1. The van der Waals surface area contributed by atoms with Crippen molar-refractivity contribution in [2.24, 2.45) is 0 Å². The minimum Gasteiger partial charge on any atom is -0.486 e. The molecule has 0 radical (unpaired) electrons. The monoisotopic (exact) mass is 319 g/mol. The molecule has 0 unspecified atom stereocenters. The maximum atomic E-state index is 5.99. The topological polar surface area (TPSA) is 61.0 Å². The van der Waals surface area contributed by atoms with E-state index in [9.17, 15) is 0 Å². The lowest BCUT2D eigenvalue weighted by atomic mass is 10.3. The van der Waals surface area contributed by atoms with Crippen LogP contribution in [0.15, 0.2) is 22.7 Å². The number of ether oxygens (including phenoxy) is 1. The Labute approximate surface area is 110 Å². The second-order valence-electron chi connectivity index (χ2n) is 2.95. The van der Waals surface area contributed by atoms with Crippen molar-refractivity contribution in [3.63, 3.8) is 0 Å². The standard InChI is InChI=1S/C9H7BrClN3OS/c10-5-1-2-8(6(11)3-5)15-4-7-9(12)16-14-13-7/h1-3H,4,12H2. The molecule has 2 N–H and O–H groups in total. The third kappa shape index (κ3) is 2.63. The minimum atomic E-state index is 0.268. The van der Waals surface area contributed by atoms with E-state index >= 15 is 0 Å². The highest BCUT2D eigenvalue weighted by Gasteiger charge is 2.07. The van der Waals surface area contributed by atoms with E-state index in [1.54, 1.807) is 12.1 Å². The van der Waals surface area contributed by atoms with E-state index in [-0.39, 0.29) is 6.61 Å². The van der Waals surface area contributed by atoms with Gasteiger partial charge in [-0.1, -0.05) is 32.0 Å². The largest absolute Gasteiger partial charge is 0.486 e. The number of hydrogen-bond acceptors (Lipinski definition) is 5. The fourth-order valence-corrected chi connectivity index (χ4v) is 2.21. The molecule has 7 heteroatoms. The molecule has 2 rings (SSSR count). The van der Waals surface area contributed by atoms with Crippen LogP contribution in [0.1, 0.15) is 5.69 Å². The van der Waals surface area contributed by atoms with Gasteiger partial charge in [0.05, 0.1) is 5.02 Å². The van der Waals surface area contributed by atoms with Gasteiger partial charge in [-0.15, -0.1) is 5.10 Å². The molecule has 0 atom stereocenters. The van der Waals surface area contributed by atoms with Crippen LogP contribution in [-0.4, -0.2) is 9.59 Å². The van der Waals surface area contributed by atoms with Crippen LogP contribution in [-0.2, 0) is 6.61 Å². The zero-order valence-corrected chi connectivity index (χ0v) is 11.1. The zero-order chi connectivity index (χ0) is 11.5. The van der Waals surface area contributed by atoms with Crippen LogP contribution >= 0.6 is 39.1 Å². The maximum Gasteiger partial charge on any atom is 0.138 e. The second-order valence-corrected chi connectivity index (χ2v) is 5.06. The van der Waals surface area contributed by atoms with Crippen molar-refractivity contribution in [2.75, 3.05) is 5.73 Å². The van der Waals surface area contributed by atoms with Crippen LogP contribution in [0.4, 0.5) is 5.00 Å². The summed E-state index contributed by atoms with van der Waals surface area (Å²) >= 11 is 10.4. The number of benzene rings is 1. The van der Waals surface area contributed by atoms with Crippen molar-refractivity contribution < 1.29 is 4.74 Å². The summed E-state index contributed by atoms with van der Waals surface area (Å²) in [5.74, 6) is 0.595. The second kappa shape index (κ2) is 4.99. The summed E-state index contributed by atoms with van der Waals surface area (Å²) in [6.45, 7) is 0.268. The number of hydrogen-bond donors (Lipinski definition) is 1. The Morgan fingerprint density at radius 1 is 1.50 bits per heavy atom. The highest BCUT2D eigenvalue weighted by atomic mass is 79.9. The molecule has 2 aromatic rings. The summed E-state index contributed by atoms with van der Waals surface area (Å²) < 4.78 is 10.1. The first-order valence-corrected chi connectivity index (χ1v) is 6.26. The van der Waals surface area contributed by atoms with Crippen LogP contribution in [0.2, 0.25) is 5.02 Å². The van der Waals surface area contributed by atoms with Gasteiger partial charge >= 0.3 is 0 Å². The highest BCUT2D eigenvalue weighted by Crippen LogP contribution is 2.28. The molecule has 1 heterocycles. The van der Waals surface area contributed by atoms with Crippen LogP contribution in [0.3, 0.4) is 0 Å². The number of rotatable bonds is 3. The first-order valence-electron chi connectivity index (χ1n) is 4.31. The van der Waals surface area contributed by atoms with Crippen LogP contribution < -0.4 is 10.5 Å². The molecule has 0 amide bonds. The van der Waals surface area contributed by atoms with Crippen LogP contribution in [0.25, 0.3) is 0 Å². The maximum absolute atomic E-state index is 5.99. The average molecular weight is 321 g/mol. The molecular formula is C9H7BrClN3OS. The summed E-state index contributed by atoms with van der Waals surface area (Å²) in [7, 11) is 0. The highest BCUT2D eigenvalue weighted by molar-refractivity contribution is 9.10. The van der Waals surface area contributed by atoms with Crippen molar-refractivity contribution in [1.82, 2.24) is 9.59 Å². The van der Waals surface area contributed by atoms with Gasteiger partial charge in [0.1, 0.15) is 23.1 Å². The summed E-state index contributed by atoms with van der Waals surface area (Å²) in [4.78, 5) is 0. The Morgan fingerprint density at radius 3 is 2.94 bits per heavy atom. The van der Waals surface area contributed by atoms with Gasteiger partial charge in [-0.3, -0.25) is 0 Å². The van der Waals surface area contributed by atoms with Crippen LogP contribution in [0.5, 0.6) is 5.75 Å². The average Bonchev–Trinajstić information content (AvgIpc) is 2.63. The van der Waals surface area contributed by atoms with E-state index in [0.717, 1.165) is 16.0 Å². The predicted molar refractivity (Wildman–Crippen MR) is 67.8 cm³/mol. The number of halogens is 2. The van der Waals surface area contributed by atoms with E-state index in [1.807, 2.05) is 6.07 Å². The normalized spacial score (nSPS) is 10.4. The lowest BCUT2D eigenvalue weighted by Crippen LogP contribution is -1.99. The number of anilines is 1. The smallest absolute Gasteiger partial charge is 0.138 e. The van der Waals surface area contributed by atoms with Gasteiger partial charge < -0.3 is 10.5 Å². The minimum absolute atomic E-state index is 0.268. The molecule has 0 aliphatic heterocycles. The molecule has 1 aromatic carbocycles. The fraction of sp³-hybridized carbons (Fsp3) is 0.111. The summed E-state index contributed by atoms with van der Waals surface area (Å²) in [5, 5.41) is 4.95. The van der Waals surface area contributed by atoms with E-state index in [2.05, 4.69) is 25.5 Å². The van der Waals surface area contributed by atoms with Gasteiger partial charge in [-0.2, -0.15) is 0 Å². The van der Waals surface area contributed by atoms with Crippen molar-refractivity contribution in [3.05, 3.63) is 33.4 Å². The number of nitrogens with zero attached hydrogens (tertiary/aromatic N) is 2. The lowest BCUT2D eigenvalue weighted by molar-refractivity contribution is 0.302. The molecule has 4 nitrogen and oxygen atoms in total. The Kier molecular flexibility index (Phi) is 3.63. The molecule has 0 fully saturated rings. The fourth-order valence-electron chi connectivity index (χ4n) is 1.05. The first kappa shape index (κ1) is 11.6. The third-order valence-electron chi connectivity index (χ3n) is 1.84. The number of nitrogens with two attached hydrogens (primary N) is 1. The van der Waals surface area contributed by atoms with E-state index in [0.29, 0.717) is 21.5 Å². The van der Waals surface area contributed by atoms with Gasteiger partial charge in [-0.25, -0.2) is 0 Å². The molecule has 84 valence electrons. The van der Waals surface area contributed by atoms with Crippen LogP contribution in [0, 0.1) is 0 Å². The quantitative estimate of drug-likeness (QED) is 0.944. The summed E-state index contributed by atoms with van der Waals surface area (Å²) in [6, 6.07) is 5.39. The van der Waals surface area contributed by atoms with Gasteiger partial charge in [0, 0.05) is 16.0 Å². The van der Waals surface area contributed by atoms with E-state index in [4.69, 9.17) is 22.1 Å². The lowest BCUT2D eigenvalue weighted by Gasteiger charge is -2.06. The SMILES string of the molecule is Nc1snnc1COc1ccc(Br)cc1Cl. The predicted octanol–water partition coefficient (Wildman–Crippen LogP) is 3.12. The first-order chi connectivity index (χ1) is 7.66. The molecule has 0 spiro atoms. The van der Waals surface area contributed by atoms with E-state index in [1.165, 1.54) is 0 Å². The molecule has 0 bridgehead atoms. The Balaban J connectivity index is 2.08. The molecule has 0 aliphatic carbocycles. The van der Waals surface area contributed by atoms with Crippen molar-refractivity contribution >= 4 is 44.1 Å². The van der Waals surface area contributed by atoms with Gasteiger partial charge in [0.25, 0.3) is 0 Å². The molecule has 0 saturated carbocycles. The van der Waals surface area contributed by atoms with Crippen molar-refractivity contribution in [3.8, 4) is 5.75 Å². The Bertz CT molecular complexity index is 505. The third-order valence-corrected chi connectivity index (χ3v) is 3.23. The van der Waals surface area contributed by atoms with Crippen molar-refractivity contribution in [2.45, 2.75) is 6.61 Å². The Morgan fingerprint density at radius 2 is 2.31 bits per heavy atom. The molecular weight excluding hydrogens is 314 g/mol. The number of aromatic nitrogens is 2. The van der Waals surface area contributed by atoms with Crippen molar-refractivity contribution in [1.29, 1.82) is 0 Å². The van der Waals surface area contributed by atoms with Gasteiger partial charge in [0.15, 0.2) is 0 Å². The summed E-state index contributed by atoms with van der Waals surface area (Å²) in [5.41, 5.74) is 6.27. The molecule has 0 aliphatic rings. The molecule has 0 saturated heterocycles.